The zero-order chi connectivity index (χ0) is 26.7. The van der Waals surface area contributed by atoms with Gasteiger partial charge in [-0.15, -0.1) is 0 Å². The van der Waals surface area contributed by atoms with Crippen LogP contribution in [0, 0.1) is 6.92 Å². The quantitative estimate of drug-likeness (QED) is 0.640. The second-order valence-corrected chi connectivity index (χ2v) is 10.5. The van der Waals surface area contributed by atoms with Crippen molar-refractivity contribution in [3.8, 4) is 5.75 Å². The molecule has 1 unspecified atom stereocenters. The van der Waals surface area contributed by atoms with Crippen LogP contribution < -0.4 is 15.4 Å². The highest BCUT2D eigenvalue weighted by atomic mass is 16.6. The summed E-state index contributed by atoms with van der Waals surface area (Å²) in [5, 5.41) is 7.28. The first kappa shape index (κ1) is 26.3. The molecule has 1 aromatic heterocycles. The maximum absolute atomic E-state index is 12.8. The molecule has 198 valence electrons. The lowest BCUT2D eigenvalue weighted by Gasteiger charge is -2.39. The molecule has 0 bridgehead atoms. The van der Waals surface area contributed by atoms with Crippen molar-refractivity contribution in [3.63, 3.8) is 0 Å². The van der Waals surface area contributed by atoms with Crippen LogP contribution in [0.25, 0.3) is 16.5 Å². The van der Waals surface area contributed by atoms with Gasteiger partial charge in [0.2, 0.25) is 5.91 Å². The Morgan fingerprint density at radius 3 is 2.46 bits per heavy atom. The highest BCUT2D eigenvalue weighted by molar-refractivity contribution is 5.86. The Morgan fingerprint density at radius 1 is 1.11 bits per heavy atom. The number of methoxy groups -OCH3 is 1. The van der Waals surface area contributed by atoms with E-state index in [4.69, 9.17) is 14.5 Å². The number of piperazine rings is 1. The van der Waals surface area contributed by atoms with Gasteiger partial charge in [0.05, 0.1) is 18.3 Å². The molecule has 1 saturated heterocycles. The number of rotatable bonds is 5. The van der Waals surface area contributed by atoms with E-state index in [1.165, 1.54) is 5.56 Å². The Balaban J connectivity index is 1.36. The van der Waals surface area contributed by atoms with E-state index >= 15 is 0 Å². The summed E-state index contributed by atoms with van der Waals surface area (Å²) in [7, 11) is 1.66. The van der Waals surface area contributed by atoms with Gasteiger partial charge in [0.25, 0.3) is 0 Å². The van der Waals surface area contributed by atoms with E-state index < -0.39 is 17.7 Å². The lowest BCUT2D eigenvalue weighted by Crippen LogP contribution is -2.55. The number of allylic oxidation sites excluding steroid dienone is 2. The van der Waals surface area contributed by atoms with Crippen LogP contribution in [0.15, 0.2) is 42.2 Å². The SMILES string of the molecule is COc1ccc2c(C)cc(C3=CC=C(N4CCN(C(=O)C(C)NC(=O)OC(C)(C)C)CC4)NC3)nc2c1. The number of nitrogens with one attached hydrogen (secondary N) is 2. The van der Waals surface area contributed by atoms with Crippen LogP contribution in [0.3, 0.4) is 0 Å². The third-order valence-corrected chi connectivity index (χ3v) is 6.49. The number of pyridine rings is 1. The summed E-state index contributed by atoms with van der Waals surface area (Å²) in [6.45, 7) is 12.4. The smallest absolute Gasteiger partial charge is 0.408 e. The Kier molecular flexibility index (Phi) is 7.61. The third kappa shape index (κ3) is 6.34. The summed E-state index contributed by atoms with van der Waals surface area (Å²) in [4.78, 5) is 33.7. The zero-order valence-electron chi connectivity index (χ0n) is 22.6. The molecule has 2 N–H and O–H groups in total. The van der Waals surface area contributed by atoms with E-state index in [2.05, 4.69) is 40.7 Å². The molecule has 1 atom stereocenters. The maximum atomic E-state index is 12.8. The molecule has 2 aliphatic rings. The first-order valence-electron chi connectivity index (χ1n) is 12.7. The lowest BCUT2D eigenvalue weighted by atomic mass is 10.0. The average molecular weight is 508 g/mol. The minimum atomic E-state index is -0.642. The third-order valence-electron chi connectivity index (χ3n) is 6.49. The van der Waals surface area contributed by atoms with Crippen LogP contribution in [0.5, 0.6) is 5.75 Å². The fourth-order valence-corrected chi connectivity index (χ4v) is 4.54. The Hall–Kier alpha value is -3.75. The molecule has 2 aliphatic heterocycles. The van der Waals surface area contributed by atoms with Gasteiger partial charge >= 0.3 is 6.09 Å². The second-order valence-electron chi connectivity index (χ2n) is 10.5. The van der Waals surface area contributed by atoms with Crippen molar-refractivity contribution in [2.45, 2.75) is 46.3 Å². The van der Waals surface area contributed by atoms with Gasteiger partial charge in [-0.05, 0) is 70.0 Å². The first-order chi connectivity index (χ1) is 17.5. The summed E-state index contributed by atoms with van der Waals surface area (Å²) in [6, 6.07) is 7.45. The number of carbonyl (C=O) groups is 2. The van der Waals surface area contributed by atoms with Gasteiger partial charge in [-0.2, -0.15) is 0 Å². The van der Waals surface area contributed by atoms with Crippen molar-refractivity contribution < 1.29 is 19.1 Å². The standard InChI is InChI=1S/C28H37N5O4/c1-18-15-23(31-24-16-21(36-6)8-9-22(18)24)20-7-10-25(29-17-20)32-11-13-33(14-12-32)26(34)19(2)30-27(35)37-28(3,4)5/h7-10,15-16,19,29H,11-14,17H2,1-6H3,(H,30,35). The number of carbonyl (C=O) groups excluding carboxylic acids is 2. The number of hydrogen-bond donors (Lipinski definition) is 2. The largest absolute Gasteiger partial charge is 0.497 e. The van der Waals surface area contributed by atoms with Crippen molar-refractivity contribution in [1.29, 1.82) is 0 Å². The van der Waals surface area contributed by atoms with Crippen molar-refractivity contribution in [2.75, 3.05) is 39.8 Å². The lowest BCUT2D eigenvalue weighted by molar-refractivity contribution is -0.134. The number of aromatic nitrogens is 1. The molecule has 37 heavy (non-hydrogen) atoms. The molecular formula is C28H37N5O4. The molecule has 0 spiro atoms. The average Bonchev–Trinajstić information content (AvgIpc) is 2.86. The van der Waals surface area contributed by atoms with Crippen LogP contribution in [0.4, 0.5) is 4.79 Å². The highest BCUT2D eigenvalue weighted by Crippen LogP contribution is 2.26. The van der Waals surface area contributed by atoms with Gasteiger partial charge in [-0.25, -0.2) is 9.78 Å². The molecule has 0 aliphatic carbocycles. The van der Waals surface area contributed by atoms with Crippen LogP contribution in [0.1, 0.15) is 39.0 Å². The number of amides is 2. The molecule has 9 heteroatoms. The van der Waals surface area contributed by atoms with E-state index in [-0.39, 0.29) is 5.91 Å². The van der Waals surface area contributed by atoms with Crippen LogP contribution >= 0.6 is 0 Å². The molecule has 2 amide bonds. The molecular weight excluding hydrogens is 470 g/mol. The number of alkyl carbamates (subject to hydrolysis) is 1. The monoisotopic (exact) mass is 507 g/mol. The Bertz CT molecular complexity index is 1240. The summed E-state index contributed by atoms with van der Waals surface area (Å²) in [6.07, 6.45) is 3.61. The van der Waals surface area contributed by atoms with Gasteiger partial charge < -0.3 is 29.9 Å². The number of hydrogen-bond acceptors (Lipinski definition) is 7. The predicted octanol–water partition coefficient (Wildman–Crippen LogP) is 3.44. The molecule has 0 radical (unpaired) electrons. The number of ether oxygens (including phenoxy) is 2. The summed E-state index contributed by atoms with van der Waals surface area (Å²) >= 11 is 0. The summed E-state index contributed by atoms with van der Waals surface area (Å²) < 4.78 is 10.6. The Morgan fingerprint density at radius 2 is 1.84 bits per heavy atom. The van der Waals surface area contributed by atoms with E-state index in [0.717, 1.165) is 33.7 Å². The van der Waals surface area contributed by atoms with Crippen molar-refractivity contribution in [3.05, 3.63) is 53.5 Å². The minimum absolute atomic E-state index is 0.104. The molecule has 9 nitrogen and oxygen atoms in total. The normalized spacial score (nSPS) is 16.9. The van der Waals surface area contributed by atoms with Crippen molar-refractivity contribution in [1.82, 2.24) is 25.4 Å². The van der Waals surface area contributed by atoms with E-state index in [9.17, 15) is 9.59 Å². The maximum Gasteiger partial charge on any atom is 0.408 e. The molecule has 4 rings (SSSR count). The second kappa shape index (κ2) is 10.7. The van der Waals surface area contributed by atoms with Crippen LogP contribution in [-0.2, 0) is 9.53 Å². The van der Waals surface area contributed by atoms with Gasteiger partial charge in [-0.3, -0.25) is 4.79 Å². The van der Waals surface area contributed by atoms with Crippen molar-refractivity contribution >= 4 is 28.5 Å². The molecule has 1 aromatic carbocycles. The summed E-state index contributed by atoms with van der Waals surface area (Å²) in [5.74, 6) is 1.73. The van der Waals surface area contributed by atoms with Gasteiger partial charge in [0, 0.05) is 44.2 Å². The first-order valence-corrected chi connectivity index (χ1v) is 12.7. The molecule has 1 fully saturated rings. The van der Waals surface area contributed by atoms with E-state index in [1.807, 2.05) is 18.2 Å². The number of benzene rings is 1. The Labute approximate surface area is 218 Å². The highest BCUT2D eigenvalue weighted by Gasteiger charge is 2.28. The predicted molar refractivity (Wildman–Crippen MR) is 144 cm³/mol. The van der Waals surface area contributed by atoms with Crippen molar-refractivity contribution in [2.24, 2.45) is 0 Å². The van der Waals surface area contributed by atoms with E-state index in [1.54, 1.807) is 39.7 Å². The topological polar surface area (TPSA) is 96.0 Å². The van der Waals surface area contributed by atoms with Gasteiger partial charge in [0.1, 0.15) is 23.2 Å². The molecule has 2 aromatic rings. The fraction of sp³-hybridized carbons (Fsp3) is 0.464. The zero-order valence-corrected chi connectivity index (χ0v) is 22.6. The number of nitrogens with zero attached hydrogens (tertiary/aromatic N) is 3. The minimum Gasteiger partial charge on any atom is -0.497 e. The van der Waals surface area contributed by atoms with Crippen LogP contribution in [-0.4, -0.2) is 78.3 Å². The van der Waals surface area contributed by atoms with E-state index in [0.29, 0.717) is 32.7 Å². The van der Waals surface area contributed by atoms with Gasteiger partial charge in [0.15, 0.2) is 0 Å². The van der Waals surface area contributed by atoms with Crippen LogP contribution in [0.2, 0.25) is 0 Å². The molecule has 0 saturated carbocycles. The number of aryl methyl sites for hydroxylation is 1. The van der Waals surface area contributed by atoms with Gasteiger partial charge in [-0.1, -0.05) is 6.08 Å². The number of fused-ring (bicyclic) bond motifs is 1. The molecule has 3 heterocycles. The fourth-order valence-electron chi connectivity index (χ4n) is 4.54. The number of dihydropyridines is 1. The summed E-state index contributed by atoms with van der Waals surface area (Å²) in [5.41, 5.74) is 3.55.